The highest BCUT2D eigenvalue weighted by atomic mass is 15.0. The van der Waals surface area contributed by atoms with Crippen LogP contribution in [0.15, 0.2) is 97.5 Å². The fourth-order valence-corrected chi connectivity index (χ4v) is 4.81. The summed E-state index contributed by atoms with van der Waals surface area (Å²) in [7, 11) is 0. The first-order valence-electron chi connectivity index (χ1n) is 10.0. The van der Waals surface area contributed by atoms with E-state index in [2.05, 4.69) is 81.8 Å². The van der Waals surface area contributed by atoms with Gasteiger partial charge >= 0.3 is 0 Å². The molecule has 0 saturated heterocycles. The Bertz CT molecular complexity index is 1740. The first-order chi connectivity index (χ1) is 14.9. The van der Waals surface area contributed by atoms with Gasteiger partial charge in [0, 0.05) is 40.4 Å². The average Bonchev–Trinajstić information content (AvgIpc) is 3.43. The second-order valence-corrected chi connectivity index (χ2v) is 7.56. The lowest BCUT2D eigenvalue weighted by molar-refractivity contribution is 1.18. The maximum absolute atomic E-state index is 4.77. The van der Waals surface area contributed by atoms with Gasteiger partial charge in [0.15, 0.2) is 0 Å². The summed E-state index contributed by atoms with van der Waals surface area (Å²) in [6.45, 7) is 0. The van der Waals surface area contributed by atoms with Gasteiger partial charge in [0.05, 0.1) is 27.5 Å². The molecule has 30 heavy (non-hydrogen) atoms. The number of imidazole rings is 1. The largest absolute Gasteiger partial charge is 0.308 e. The molecule has 0 amide bonds. The molecule has 4 heteroatoms. The van der Waals surface area contributed by atoms with Crippen molar-refractivity contribution in [3.63, 3.8) is 0 Å². The van der Waals surface area contributed by atoms with Crippen LogP contribution in [0.25, 0.3) is 54.9 Å². The third kappa shape index (κ3) is 1.90. The highest BCUT2D eigenvalue weighted by Gasteiger charge is 2.19. The Balaban J connectivity index is 1.86. The predicted octanol–water partition coefficient (Wildman–Crippen LogP) is 6.13. The van der Waals surface area contributed by atoms with E-state index in [1.165, 1.54) is 21.8 Å². The van der Waals surface area contributed by atoms with Crippen LogP contribution in [0.3, 0.4) is 0 Å². The van der Waals surface area contributed by atoms with Crippen LogP contribution >= 0.6 is 0 Å². The Morgan fingerprint density at radius 1 is 0.600 bits per heavy atom. The molecule has 3 aromatic carbocycles. The van der Waals surface area contributed by atoms with Crippen LogP contribution in [0, 0.1) is 0 Å². The van der Waals surface area contributed by atoms with Crippen LogP contribution in [0.1, 0.15) is 0 Å². The number of benzene rings is 3. The molecule has 0 aliphatic carbocycles. The molecule has 0 spiro atoms. The van der Waals surface area contributed by atoms with E-state index in [0.717, 1.165) is 33.1 Å². The molecule has 0 aliphatic heterocycles. The zero-order valence-electron chi connectivity index (χ0n) is 16.0. The van der Waals surface area contributed by atoms with Crippen LogP contribution in [-0.4, -0.2) is 18.9 Å². The van der Waals surface area contributed by atoms with Gasteiger partial charge in [-0.15, -0.1) is 0 Å². The number of para-hydroxylation sites is 2. The molecule has 0 atom stereocenters. The van der Waals surface area contributed by atoms with Gasteiger partial charge in [0.1, 0.15) is 5.65 Å². The van der Waals surface area contributed by atoms with Crippen molar-refractivity contribution in [3.05, 3.63) is 97.5 Å². The highest BCUT2D eigenvalue weighted by molar-refractivity contribution is 6.25. The van der Waals surface area contributed by atoms with Crippen LogP contribution in [0.4, 0.5) is 0 Å². The summed E-state index contributed by atoms with van der Waals surface area (Å²) in [5.74, 6) is 0. The normalized spacial score (nSPS) is 12.0. The summed E-state index contributed by atoms with van der Waals surface area (Å²) in [4.78, 5) is 9.52. The SMILES string of the molecule is c1ccc(-n2c3ccccc3c3ccc4c5ncccc5n5ccnc5c4c32)cc1. The second-order valence-electron chi connectivity index (χ2n) is 7.56. The van der Waals surface area contributed by atoms with Crippen molar-refractivity contribution in [2.24, 2.45) is 0 Å². The van der Waals surface area contributed by atoms with Crippen molar-refractivity contribution >= 4 is 49.3 Å². The fourth-order valence-electron chi connectivity index (χ4n) is 4.81. The summed E-state index contributed by atoms with van der Waals surface area (Å²) in [5.41, 5.74) is 6.52. The molecule has 0 radical (unpaired) electrons. The lowest BCUT2D eigenvalue weighted by Crippen LogP contribution is -1.97. The van der Waals surface area contributed by atoms with E-state index >= 15 is 0 Å². The molecule has 140 valence electrons. The van der Waals surface area contributed by atoms with Gasteiger partial charge in [-0.3, -0.25) is 9.38 Å². The van der Waals surface area contributed by atoms with E-state index in [1.54, 1.807) is 0 Å². The quantitative estimate of drug-likeness (QED) is 0.319. The molecule has 0 saturated carbocycles. The second kappa shape index (κ2) is 5.67. The molecule has 4 aromatic heterocycles. The number of rotatable bonds is 1. The van der Waals surface area contributed by atoms with E-state index in [4.69, 9.17) is 9.97 Å². The molecule has 7 rings (SSSR count). The van der Waals surface area contributed by atoms with Crippen molar-refractivity contribution in [2.45, 2.75) is 0 Å². The molecule has 4 nitrogen and oxygen atoms in total. The minimum absolute atomic E-state index is 0.955. The first-order valence-corrected chi connectivity index (χ1v) is 10.0. The minimum Gasteiger partial charge on any atom is -0.308 e. The lowest BCUT2D eigenvalue weighted by Gasteiger charge is -2.12. The maximum Gasteiger partial charge on any atom is 0.147 e. The van der Waals surface area contributed by atoms with Crippen molar-refractivity contribution < 1.29 is 0 Å². The number of aromatic nitrogens is 4. The average molecular weight is 384 g/mol. The van der Waals surface area contributed by atoms with Crippen molar-refractivity contribution in [1.29, 1.82) is 0 Å². The third-order valence-electron chi connectivity index (χ3n) is 6.02. The molecule has 4 heterocycles. The Morgan fingerprint density at radius 3 is 2.33 bits per heavy atom. The number of hydrogen-bond donors (Lipinski definition) is 0. The standard InChI is InChI=1S/C26H16N4/c1-2-7-17(8-3-1)30-21-10-5-4-9-18(21)19-12-13-20-23(25(19)30)26-28-15-16-29(26)22-11-6-14-27-24(20)22/h1-16H. The molecule has 0 N–H and O–H groups in total. The van der Waals surface area contributed by atoms with E-state index in [0.29, 0.717) is 0 Å². The Hall–Kier alpha value is -4.18. The Morgan fingerprint density at radius 2 is 1.40 bits per heavy atom. The van der Waals surface area contributed by atoms with Crippen LogP contribution < -0.4 is 0 Å². The van der Waals surface area contributed by atoms with E-state index in [9.17, 15) is 0 Å². The molecule has 0 unspecified atom stereocenters. The Kier molecular flexibility index (Phi) is 2.97. The first kappa shape index (κ1) is 15.7. The van der Waals surface area contributed by atoms with Crippen molar-refractivity contribution in [1.82, 2.24) is 18.9 Å². The summed E-state index contributed by atoms with van der Waals surface area (Å²) in [5, 5.41) is 4.71. The Labute approximate surface area is 171 Å². The van der Waals surface area contributed by atoms with Gasteiger partial charge in [-0.1, -0.05) is 48.5 Å². The zero-order valence-corrected chi connectivity index (χ0v) is 16.0. The minimum atomic E-state index is 0.955. The monoisotopic (exact) mass is 384 g/mol. The van der Waals surface area contributed by atoms with Gasteiger partial charge < -0.3 is 4.57 Å². The van der Waals surface area contributed by atoms with E-state index in [1.807, 2.05) is 24.7 Å². The van der Waals surface area contributed by atoms with Crippen LogP contribution in [0.5, 0.6) is 0 Å². The summed E-state index contributed by atoms with van der Waals surface area (Å²) in [6, 6.07) is 27.7. The number of hydrogen-bond acceptors (Lipinski definition) is 2. The van der Waals surface area contributed by atoms with Crippen LogP contribution in [-0.2, 0) is 0 Å². The molecular weight excluding hydrogens is 368 g/mol. The highest BCUT2D eigenvalue weighted by Crippen LogP contribution is 2.39. The summed E-state index contributed by atoms with van der Waals surface area (Å²) in [6.07, 6.45) is 5.75. The van der Waals surface area contributed by atoms with Gasteiger partial charge in [0.25, 0.3) is 0 Å². The fraction of sp³-hybridized carbons (Fsp3) is 0. The molecule has 0 bridgehead atoms. The predicted molar refractivity (Wildman–Crippen MR) is 122 cm³/mol. The number of nitrogens with zero attached hydrogens (tertiary/aromatic N) is 4. The number of fused-ring (bicyclic) bond motifs is 10. The third-order valence-corrected chi connectivity index (χ3v) is 6.02. The molecule has 0 fully saturated rings. The smallest absolute Gasteiger partial charge is 0.147 e. The van der Waals surface area contributed by atoms with Gasteiger partial charge in [0.2, 0.25) is 0 Å². The zero-order chi connectivity index (χ0) is 19.7. The lowest BCUT2D eigenvalue weighted by atomic mass is 10.0. The van der Waals surface area contributed by atoms with Crippen molar-refractivity contribution in [3.8, 4) is 5.69 Å². The summed E-state index contributed by atoms with van der Waals surface area (Å²) >= 11 is 0. The van der Waals surface area contributed by atoms with Gasteiger partial charge in [-0.25, -0.2) is 4.98 Å². The van der Waals surface area contributed by atoms with Crippen LogP contribution in [0.2, 0.25) is 0 Å². The van der Waals surface area contributed by atoms with Gasteiger partial charge in [-0.05, 0) is 30.3 Å². The number of pyridine rings is 2. The molecule has 0 aliphatic rings. The van der Waals surface area contributed by atoms with E-state index < -0.39 is 0 Å². The topological polar surface area (TPSA) is 35.1 Å². The summed E-state index contributed by atoms with van der Waals surface area (Å²) < 4.78 is 4.51. The maximum atomic E-state index is 4.77. The van der Waals surface area contributed by atoms with E-state index in [-0.39, 0.29) is 0 Å². The molecule has 7 aromatic rings. The van der Waals surface area contributed by atoms with Crippen molar-refractivity contribution in [2.75, 3.05) is 0 Å². The molecular formula is C26H16N4. The van der Waals surface area contributed by atoms with Gasteiger partial charge in [-0.2, -0.15) is 0 Å².